The Labute approximate surface area is 167 Å². The van der Waals surface area contributed by atoms with Gasteiger partial charge in [-0.25, -0.2) is 0 Å². The molecule has 6 nitrogen and oxygen atoms in total. The summed E-state index contributed by atoms with van der Waals surface area (Å²) < 4.78 is 43.3. The van der Waals surface area contributed by atoms with E-state index in [9.17, 15) is 27.6 Å². The zero-order valence-corrected chi connectivity index (χ0v) is 16.7. The highest BCUT2D eigenvalue weighted by atomic mass is 19.4. The van der Waals surface area contributed by atoms with Crippen LogP contribution in [0.5, 0.6) is 0 Å². The Morgan fingerprint density at radius 2 is 1.83 bits per heavy atom. The van der Waals surface area contributed by atoms with Gasteiger partial charge in [0, 0.05) is 5.56 Å². The van der Waals surface area contributed by atoms with Crippen molar-refractivity contribution in [1.29, 1.82) is 0 Å². The maximum atomic E-state index is 12.8. The van der Waals surface area contributed by atoms with Crippen LogP contribution in [0.1, 0.15) is 50.0 Å². The summed E-state index contributed by atoms with van der Waals surface area (Å²) in [4.78, 5) is 37.4. The lowest BCUT2D eigenvalue weighted by Gasteiger charge is -2.30. The molecule has 1 aliphatic heterocycles. The largest absolute Gasteiger partial charge is 0.416 e. The van der Waals surface area contributed by atoms with E-state index in [1.165, 1.54) is 0 Å². The third-order valence-corrected chi connectivity index (χ3v) is 5.04. The van der Waals surface area contributed by atoms with Gasteiger partial charge in [-0.2, -0.15) is 13.2 Å². The van der Waals surface area contributed by atoms with Gasteiger partial charge in [0.2, 0.25) is 5.91 Å². The molecule has 1 aromatic rings. The molecule has 0 aliphatic carbocycles. The summed E-state index contributed by atoms with van der Waals surface area (Å²) in [6, 6.07) is 2.77. The molecule has 2 rings (SSSR count). The fraction of sp³-hybridized carbons (Fsp3) is 0.550. The number of carbonyl (C=O) groups excluding carboxylic acids is 3. The van der Waals surface area contributed by atoms with Crippen molar-refractivity contribution < 1.29 is 32.3 Å². The van der Waals surface area contributed by atoms with Gasteiger partial charge < -0.3 is 15.4 Å². The lowest BCUT2D eigenvalue weighted by molar-refractivity contribution is -0.137. The minimum Gasteiger partial charge on any atom is -0.368 e. The number of Topliss-reactive ketones (excluding diaryl/α,β-unsaturated/α-hetero) is 1. The Balaban J connectivity index is 2.14. The second-order valence-corrected chi connectivity index (χ2v) is 7.80. The van der Waals surface area contributed by atoms with Crippen LogP contribution in [0.15, 0.2) is 24.3 Å². The number of hydrogen-bond acceptors (Lipinski definition) is 4. The minimum atomic E-state index is -4.50. The van der Waals surface area contributed by atoms with E-state index >= 15 is 0 Å². The summed E-state index contributed by atoms with van der Waals surface area (Å²) in [6.07, 6.45) is -4.74. The van der Waals surface area contributed by atoms with Crippen molar-refractivity contribution in [3.8, 4) is 0 Å². The molecule has 0 saturated carbocycles. The average molecular weight is 414 g/mol. The zero-order valence-electron chi connectivity index (χ0n) is 16.7. The van der Waals surface area contributed by atoms with Crippen LogP contribution in [0.25, 0.3) is 0 Å². The lowest BCUT2D eigenvalue weighted by Crippen LogP contribution is -2.60. The van der Waals surface area contributed by atoms with Gasteiger partial charge in [-0.15, -0.1) is 0 Å². The number of hydrogen-bond donors (Lipinski definition) is 2. The highest BCUT2D eigenvalue weighted by Gasteiger charge is 2.47. The molecule has 2 N–H and O–H groups in total. The molecular weight excluding hydrogens is 389 g/mol. The smallest absolute Gasteiger partial charge is 0.368 e. The molecule has 1 aliphatic rings. The fourth-order valence-electron chi connectivity index (χ4n) is 3.01. The molecule has 0 spiro atoms. The van der Waals surface area contributed by atoms with Crippen molar-refractivity contribution in [2.45, 2.75) is 58.0 Å². The van der Waals surface area contributed by atoms with E-state index in [0.717, 1.165) is 24.3 Å². The van der Waals surface area contributed by atoms with Crippen LogP contribution < -0.4 is 10.6 Å². The highest BCUT2D eigenvalue weighted by molar-refractivity contribution is 6.00. The Kier molecular flexibility index (Phi) is 6.72. The van der Waals surface area contributed by atoms with Crippen molar-refractivity contribution in [3.05, 3.63) is 35.4 Å². The normalized spacial score (nSPS) is 23.2. The van der Waals surface area contributed by atoms with Crippen molar-refractivity contribution >= 4 is 17.6 Å². The molecule has 3 unspecified atom stereocenters. The second kappa shape index (κ2) is 8.52. The molecule has 0 aromatic heterocycles. The maximum Gasteiger partial charge on any atom is 0.416 e. The van der Waals surface area contributed by atoms with Crippen LogP contribution in [-0.4, -0.2) is 41.9 Å². The molecule has 1 heterocycles. The van der Waals surface area contributed by atoms with Crippen LogP contribution in [0, 0.1) is 5.92 Å². The third-order valence-electron chi connectivity index (χ3n) is 5.04. The van der Waals surface area contributed by atoms with E-state index in [1.54, 1.807) is 13.8 Å². The highest BCUT2D eigenvalue weighted by Crippen LogP contribution is 2.29. The van der Waals surface area contributed by atoms with Crippen LogP contribution in [0.3, 0.4) is 0 Å². The predicted octanol–water partition coefficient (Wildman–Crippen LogP) is 2.71. The molecule has 1 fully saturated rings. The Bertz CT molecular complexity index is 777. The summed E-state index contributed by atoms with van der Waals surface area (Å²) >= 11 is 0. The molecule has 2 amide bonds. The monoisotopic (exact) mass is 414 g/mol. The van der Waals surface area contributed by atoms with Gasteiger partial charge in [-0.3, -0.25) is 14.4 Å². The Morgan fingerprint density at radius 1 is 1.24 bits per heavy atom. The van der Waals surface area contributed by atoms with E-state index in [1.807, 2.05) is 13.8 Å². The molecule has 1 aromatic carbocycles. The first kappa shape index (κ1) is 22.9. The summed E-state index contributed by atoms with van der Waals surface area (Å²) in [5.74, 6) is -1.45. The van der Waals surface area contributed by atoms with E-state index in [4.69, 9.17) is 4.74 Å². The van der Waals surface area contributed by atoms with E-state index in [0.29, 0.717) is 0 Å². The summed E-state index contributed by atoms with van der Waals surface area (Å²) in [5, 5.41) is 5.23. The molecule has 0 radical (unpaired) electrons. The third kappa shape index (κ3) is 5.35. The summed E-state index contributed by atoms with van der Waals surface area (Å²) in [7, 11) is 0. The number of benzene rings is 1. The first-order valence-corrected chi connectivity index (χ1v) is 9.29. The van der Waals surface area contributed by atoms with Gasteiger partial charge in [0.15, 0.2) is 5.78 Å². The molecule has 3 atom stereocenters. The number of carbonyl (C=O) groups is 3. The van der Waals surface area contributed by atoms with Gasteiger partial charge >= 0.3 is 6.18 Å². The topological polar surface area (TPSA) is 84.5 Å². The number of nitrogens with one attached hydrogen (secondary N) is 2. The van der Waals surface area contributed by atoms with Crippen LogP contribution in [-0.2, 0) is 20.5 Å². The van der Waals surface area contributed by atoms with Crippen LogP contribution >= 0.6 is 0 Å². The van der Waals surface area contributed by atoms with Gasteiger partial charge in [0.05, 0.1) is 11.7 Å². The molecule has 160 valence electrons. The molecule has 0 bridgehead atoms. The predicted molar refractivity (Wildman–Crippen MR) is 99.1 cm³/mol. The number of halogens is 3. The quantitative estimate of drug-likeness (QED) is 0.750. The fourth-order valence-corrected chi connectivity index (χ4v) is 3.01. The van der Waals surface area contributed by atoms with Gasteiger partial charge in [-0.1, -0.05) is 13.8 Å². The van der Waals surface area contributed by atoms with Crippen LogP contribution in [0.2, 0.25) is 0 Å². The Morgan fingerprint density at radius 3 is 2.28 bits per heavy atom. The first-order chi connectivity index (χ1) is 13.3. The Hall–Kier alpha value is -2.42. The molecule has 9 heteroatoms. The molecule has 29 heavy (non-hydrogen) atoms. The standard InChI is InChI=1S/C20H25F3N2O4/c1-11(2)9-15(18(28)25-19(4)12(3)29-10-16(19)26)24-17(27)13-5-7-14(8-6-13)20(21,22)23/h5-8,11-12,15H,9-10H2,1-4H3,(H,24,27)(H,25,28). The van der Waals surface area contributed by atoms with Crippen LogP contribution in [0.4, 0.5) is 13.2 Å². The van der Waals surface area contributed by atoms with Gasteiger partial charge in [-0.05, 0) is 50.5 Å². The summed E-state index contributed by atoms with van der Waals surface area (Å²) in [5.41, 5.74) is -2.07. The van der Waals surface area contributed by atoms with E-state index in [2.05, 4.69) is 10.6 Å². The van der Waals surface area contributed by atoms with Crippen molar-refractivity contribution in [2.75, 3.05) is 6.61 Å². The number of ketones is 1. The average Bonchev–Trinajstić information content (AvgIpc) is 2.87. The number of ether oxygens (including phenoxy) is 1. The van der Waals surface area contributed by atoms with E-state index in [-0.39, 0.29) is 30.3 Å². The number of alkyl halides is 3. The number of rotatable bonds is 6. The van der Waals surface area contributed by atoms with Gasteiger partial charge in [0.25, 0.3) is 5.91 Å². The lowest BCUT2D eigenvalue weighted by atomic mass is 9.92. The second-order valence-electron chi connectivity index (χ2n) is 7.80. The molecular formula is C20H25F3N2O4. The zero-order chi connectivity index (χ0) is 22.0. The van der Waals surface area contributed by atoms with Crippen molar-refractivity contribution in [2.24, 2.45) is 5.92 Å². The van der Waals surface area contributed by atoms with Gasteiger partial charge in [0.1, 0.15) is 18.2 Å². The van der Waals surface area contributed by atoms with Crippen molar-refractivity contribution in [1.82, 2.24) is 10.6 Å². The maximum absolute atomic E-state index is 12.8. The first-order valence-electron chi connectivity index (χ1n) is 9.29. The number of amides is 2. The van der Waals surface area contributed by atoms with E-state index < -0.39 is 41.2 Å². The van der Waals surface area contributed by atoms with Crippen molar-refractivity contribution in [3.63, 3.8) is 0 Å². The molecule has 1 saturated heterocycles. The minimum absolute atomic E-state index is 0.000544. The summed E-state index contributed by atoms with van der Waals surface area (Å²) in [6.45, 7) is 6.85. The SMILES string of the molecule is CC(C)CC(NC(=O)c1ccc(C(F)(F)F)cc1)C(=O)NC1(C)C(=O)COC1C.